The molecule has 0 atom stereocenters. The lowest BCUT2D eigenvalue weighted by Crippen LogP contribution is -2.40. The molecule has 1 N–H and O–H groups in total. The number of nitrogens with zero attached hydrogens (tertiary/aromatic N) is 2. The Kier molecular flexibility index (Phi) is 3.87. The lowest BCUT2D eigenvalue weighted by molar-refractivity contribution is 0.0269. The molecule has 1 aromatic rings. The van der Waals surface area contributed by atoms with Crippen molar-refractivity contribution in [3.05, 3.63) is 17.2 Å². The Morgan fingerprint density at radius 3 is 2.80 bits per heavy atom. The van der Waals surface area contributed by atoms with Crippen LogP contribution in [-0.4, -0.2) is 29.3 Å². The van der Waals surface area contributed by atoms with Crippen molar-refractivity contribution in [1.29, 1.82) is 0 Å². The fourth-order valence-corrected chi connectivity index (χ4v) is 3.54. The van der Waals surface area contributed by atoms with E-state index in [4.69, 9.17) is 9.72 Å². The number of hydrogen-bond acceptors (Lipinski definition) is 3. The smallest absolute Gasteiger partial charge is 0.110 e. The van der Waals surface area contributed by atoms with E-state index in [0.29, 0.717) is 5.92 Å². The number of imidazole rings is 1. The molecule has 4 heteroatoms. The minimum Gasteiger partial charge on any atom is -0.381 e. The number of nitrogens with one attached hydrogen (secondary N) is 1. The molecule has 4 nitrogen and oxygen atoms in total. The second kappa shape index (κ2) is 5.49. The molecule has 0 spiro atoms. The zero-order chi connectivity index (χ0) is 14.2. The molecule has 0 unspecified atom stereocenters. The fraction of sp³-hybridized carbons (Fsp3) is 0.812. The summed E-state index contributed by atoms with van der Waals surface area (Å²) in [5.74, 6) is 1.94. The molecule has 3 heterocycles. The zero-order valence-corrected chi connectivity index (χ0v) is 13.0. The summed E-state index contributed by atoms with van der Waals surface area (Å²) in [6.07, 6.45) is 4.39. The molecule has 1 saturated heterocycles. The lowest BCUT2D eigenvalue weighted by atomic mass is 9.90. The predicted molar refractivity (Wildman–Crippen MR) is 79.9 cm³/mol. The van der Waals surface area contributed by atoms with Gasteiger partial charge in [-0.2, -0.15) is 0 Å². The molecular weight excluding hydrogens is 250 g/mol. The van der Waals surface area contributed by atoms with Gasteiger partial charge in [0.2, 0.25) is 0 Å². The van der Waals surface area contributed by atoms with Crippen molar-refractivity contribution in [2.75, 3.05) is 19.8 Å². The molecule has 0 aromatic carbocycles. The molecule has 20 heavy (non-hydrogen) atoms. The van der Waals surface area contributed by atoms with Gasteiger partial charge in [-0.15, -0.1) is 0 Å². The topological polar surface area (TPSA) is 39.1 Å². The van der Waals surface area contributed by atoms with Crippen LogP contribution in [0.25, 0.3) is 0 Å². The van der Waals surface area contributed by atoms with Gasteiger partial charge in [0.25, 0.3) is 0 Å². The van der Waals surface area contributed by atoms with E-state index in [0.717, 1.165) is 52.0 Å². The lowest BCUT2D eigenvalue weighted by Gasteiger charge is -2.38. The van der Waals surface area contributed by atoms with Crippen LogP contribution in [0.2, 0.25) is 0 Å². The summed E-state index contributed by atoms with van der Waals surface area (Å²) in [7, 11) is 0. The number of aromatic nitrogens is 2. The number of hydrogen-bond donors (Lipinski definition) is 1. The Bertz CT molecular complexity index is 472. The first-order valence-electron chi connectivity index (χ1n) is 7.98. The van der Waals surface area contributed by atoms with Gasteiger partial charge in [-0.1, -0.05) is 13.8 Å². The third-order valence-electron chi connectivity index (χ3n) is 4.66. The van der Waals surface area contributed by atoms with Crippen LogP contribution in [0, 0.1) is 5.92 Å². The molecule has 3 rings (SSSR count). The van der Waals surface area contributed by atoms with Gasteiger partial charge in [-0.3, -0.25) is 0 Å². The van der Waals surface area contributed by atoms with E-state index in [9.17, 15) is 0 Å². The molecule has 112 valence electrons. The maximum absolute atomic E-state index is 5.58. The van der Waals surface area contributed by atoms with Gasteiger partial charge in [-0.25, -0.2) is 4.98 Å². The summed E-state index contributed by atoms with van der Waals surface area (Å²) in [4.78, 5) is 4.97. The van der Waals surface area contributed by atoms with Crippen molar-refractivity contribution in [1.82, 2.24) is 14.9 Å². The first kappa shape index (κ1) is 14.1. The summed E-state index contributed by atoms with van der Waals surface area (Å²) in [5, 5.41) is 3.45. The third-order valence-corrected chi connectivity index (χ3v) is 4.66. The van der Waals surface area contributed by atoms with Crippen molar-refractivity contribution in [3.8, 4) is 0 Å². The first-order valence-corrected chi connectivity index (χ1v) is 7.98. The average molecular weight is 277 g/mol. The Balaban J connectivity index is 2.03. The van der Waals surface area contributed by atoms with Crippen LogP contribution in [0.4, 0.5) is 0 Å². The molecular formula is C16H27N3O. The molecule has 0 bridgehead atoms. The van der Waals surface area contributed by atoms with Gasteiger partial charge in [0.15, 0.2) is 0 Å². The SMILES string of the molecule is CC(C)Cc1nc2c(n1C1(C)CCOCC1)CCNC2. The summed E-state index contributed by atoms with van der Waals surface area (Å²) in [5.41, 5.74) is 2.95. The van der Waals surface area contributed by atoms with E-state index in [1.807, 2.05) is 0 Å². The number of fused-ring (bicyclic) bond motifs is 1. The molecule has 2 aliphatic heterocycles. The Labute approximate surface area is 121 Å². The molecule has 2 aliphatic rings. The highest BCUT2D eigenvalue weighted by Gasteiger charge is 2.35. The van der Waals surface area contributed by atoms with Gasteiger partial charge in [0, 0.05) is 50.4 Å². The van der Waals surface area contributed by atoms with Crippen molar-refractivity contribution < 1.29 is 4.74 Å². The standard InChI is InChI=1S/C16H27N3O/c1-12(2)10-15-18-13-11-17-7-4-14(13)19(15)16(3)5-8-20-9-6-16/h12,17H,4-11H2,1-3H3. The van der Waals surface area contributed by atoms with Crippen LogP contribution >= 0.6 is 0 Å². The molecule has 0 amide bonds. The third kappa shape index (κ3) is 2.51. The van der Waals surface area contributed by atoms with Crippen molar-refractivity contribution >= 4 is 0 Å². The maximum Gasteiger partial charge on any atom is 0.110 e. The van der Waals surface area contributed by atoms with Crippen molar-refractivity contribution in [2.45, 2.75) is 58.5 Å². The predicted octanol–water partition coefficient (Wildman–Crippen LogP) is 2.25. The van der Waals surface area contributed by atoms with Crippen LogP contribution < -0.4 is 5.32 Å². The normalized spacial score (nSPS) is 22.0. The van der Waals surface area contributed by atoms with Gasteiger partial charge in [-0.05, 0) is 25.7 Å². The van der Waals surface area contributed by atoms with Crippen LogP contribution in [0.3, 0.4) is 0 Å². The highest BCUT2D eigenvalue weighted by Crippen LogP contribution is 2.34. The molecule has 1 aromatic heterocycles. The van der Waals surface area contributed by atoms with Gasteiger partial charge >= 0.3 is 0 Å². The number of ether oxygens (including phenoxy) is 1. The summed E-state index contributed by atoms with van der Waals surface area (Å²) >= 11 is 0. The molecule has 1 fully saturated rings. The largest absolute Gasteiger partial charge is 0.381 e. The molecule has 0 radical (unpaired) electrons. The van der Waals surface area contributed by atoms with E-state index in [-0.39, 0.29) is 5.54 Å². The minimum atomic E-state index is 0.195. The fourth-order valence-electron chi connectivity index (χ4n) is 3.54. The van der Waals surface area contributed by atoms with Crippen molar-refractivity contribution in [3.63, 3.8) is 0 Å². The van der Waals surface area contributed by atoms with E-state index < -0.39 is 0 Å². The monoisotopic (exact) mass is 277 g/mol. The van der Waals surface area contributed by atoms with Crippen LogP contribution in [0.5, 0.6) is 0 Å². The average Bonchev–Trinajstić information content (AvgIpc) is 2.77. The molecule has 0 aliphatic carbocycles. The minimum absolute atomic E-state index is 0.195. The highest BCUT2D eigenvalue weighted by molar-refractivity contribution is 5.23. The van der Waals surface area contributed by atoms with Crippen LogP contribution in [0.1, 0.15) is 50.8 Å². The van der Waals surface area contributed by atoms with Gasteiger partial charge in [0.05, 0.1) is 5.69 Å². The summed E-state index contributed by atoms with van der Waals surface area (Å²) in [6.45, 7) is 10.7. The van der Waals surface area contributed by atoms with Gasteiger partial charge < -0.3 is 14.6 Å². The van der Waals surface area contributed by atoms with Crippen LogP contribution in [-0.2, 0) is 29.7 Å². The van der Waals surface area contributed by atoms with Crippen molar-refractivity contribution in [2.24, 2.45) is 5.92 Å². The van der Waals surface area contributed by atoms with E-state index in [1.54, 1.807) is 0 Å². The Hall–Kier alpha value is -0.870. The summed E-state index contributed by atoms with van der Waals surface area (Å²) < 4.78 is 8.17. The van der Waals surface area contributed by atoms with E-state index in [2.05, 4.69) is 30.7 Å². The maximum atomic E-state index is 5.58. The quantitative estimate of drug-likeness (QED) is 0.921. The van der Waals surface area contributed by atoms with E-state index >= 15 is 0 Å². The first-order chi connectivity index (χ1) is 9.60. The Morgan fingerprint density at radius 2 is 2.10 bits per heavy atom. The van der Waals surface area contributed by atoms with E-state index in [1.165, 1.54) is 17.2 Å². The second-order valence-electron chi connectivity index (χ2n) is 6.89. The number of rotatable bonds is 3. The highest BCUT2D eigenvalue weighted by atomic mass is 16.5. The second-order valence-corrected chi connectivity index (χ2v) is 6.89. The van der Waals surface area contributed by atoms with Crippen LogP contribution in [0.15, 0.2) is 0 Å². The van der Waals surface area contributed by atoms with Gasteiger partial charge in [0.1, 0.15) is 5.82 Å². The zero-order valence-electron chi connectivity index (χ0n) is 13.0. The summed E-state index contributed by atoms with van der Waals surface area (Å²) in [6, 6.07) is 0. The molecule has 0 saturated carbocycles. The Morgan fingerprint density at radius 1 is 1.35 bits per heavy atom.